The number of amides is 1. The number of carbonyl (C=O) groups is 2. The van der Waals surface area contributed by atoms with Crippen LogP contribution in [0.2, 0.25) is 5.02 Å². The highest BCUT2D eigenvalue weighted by Crippen LogP contribution is 2.36. The van der Waals surface area contributed by atoms with Crippen LogP contribution in [0.3, 0.4) is 0 Å². The molecule has 2 rings (SSSR count). The van der Waals surface area contributed by atoms with E-state index < -0.39 is 12.1 Å². The predicted octanol–water partition coefficient (Wildman–Crippen LogP) is 2.97. The minimum absolute atomic E-state index is 0.225. The Morgan fingerprint density at radius 2 is 2.12 bits per heavy atom. The van der Waals surface area contributed by atoms with Crippen LogP contribution in [0.4, 0.5) is 0 Å². The van der Waals surface area contributed by atoms with Crippen LogP contribution < -0.4 is 14.8 Å². The van der Waals surface area contributed by atoms with Crippen molar-refractivity contribution in [1.82, 2.24) is 5.32 Å². The Morgan fingerprint density at radius 1 is 1.40 bits per heavy atom. The molecular formula is C18H22ClNO5. The van der Waals surface area contributed by atoms with Crippen LogP contribution in [0.25, 0.3) is 6.08 Å². The molecule has 6 nitrogen and oxygen atoms in total. The van der Waals surface area contributed by atoms with Gasteiger partial charge in [-0.05, 0) is 50.5 Å². The Bertz CT molecular complexity index is 670. The lowest BCUT2D eigenvalue weighted by molar-refractivity contribution is -0.150. The van der Waals surface area contributed by atoms with Crippen molar-refractivity contribution in [3.8, 4) is 11.5 Å². The second kappa shape index (κ2) is 8.76. The second-order valence-electron chi connectivity index (χ2n) is 5.66. The third-order valence-corrected chi connectivity index (χ3v) is 3.81. The van der Waals surface area contributed by atoms with E-state index in [4.69, 9.17) is 25.8 Å². The number of rotatable bonds is 8. The second-order valence-corrected chi connectivity index (χ2v) is 6.07. The van der Waals surface area contributed by atoms with Gasteiger partial charge in [-0.2, -0.15) is 0 Å². The zero-order chi connectivity index (χ0) is 18.4. The van der Waals surface area contributed by atoms with Crippen molar-refractivity contribution < 1.29 is 23.8 Å². The SMILES string of the molecule is CCOc1cc(/C=C/C(=O)OC(C)C(=O)NC2CC2)cc(Cl)c1OC. The van der Waals surface area contributed by atoms with E-state index in [-0.39, 0.29) is 11.9 Å². The summed E-state index contributed by atoms with van der Waals surface area (Å²) in [6, 6.07) is 3.58. The van der Waals surface area contributed by atoms with E-state index in [2.05, 4.69) is 5.32 Å². The number of carbonyl (C=O) groups excluding carboxylic acids is 2. The van der Waals surface area contributed by atoms with Crippen LogP contribution in [0, 0.1) is 0 Å². The Hall–Kier alpha value is -2.21. The molecular weight excluding hydrogens is 346 g/mol. The fraction of sp³-hybridized carbons (Fsp3) is 0.444. The van der Waals surface area contributed by atoms with Gasteiger partial charge < -0.3 is 19.5 Å². The van der Waals surface area contributed by atoms with Crippen molar-refractivity contribution in [3.05, 3.63) is 28.8 Å². The Labute approximate surface area is 152 Å². The fourth-order valence-corrected chi connectivity index (χ4v) is 2.42. The Morgan fingerprint density at radius 3 is 2.72 bits per heavy atom. The van der Waals surface area contributed by atoms with Gasteiger partial charge >= 0.3 is 5.97 Å². The van der Waals surface area contributed by atoms with Crippen LogP contribution in [0.5, 0.6) is 11.5 Å². The molecule has 0 radical (unpaired) electrons. The van der Waals surface area contributed by atoms with Gasteiger partial charge in [0.15, 0.2) is 17.6 Å². The van der Waals surface area contributed by atoms with Crippen molar-refractivity contribution >= 4 is 29.6 Å². The van der Waals surface area contributed by atoms with Crippen LogP contribution in [0.1, 0.15) is 32.3 Å². The third kappa shape index (κ3) is 5.67. The molecule has 1 aliphatic carbocycles. The number of ether oxygens (including phenoxy) is 3. The lowest BCUT2D eigenvalue weighted by Crippen LogP contribution is -2.36. The van der Waals surface area contributed by atoms with E-state index >= 15 is 0 Å². The first kappa shape index (κ1) is 19.1. The highest BCUT2D eigenvalue weighted by atomic mass is 35.5. The van der Waals surface area contributed by atoms with Gasteiger partial charge in [0.25, 0.3) is 5.91 Å². The first-order valence-electron chi connectivity index (χ1n) is 8.14. The lowest BCUT2D eigenvalue weighted by atomic mass is 10.2. The van der Waals surface area contributed by atoms with Crippen molar-refractivity contribution in [3.63, 3.8) is 0 Å². The number of methoxy groups -OCH3 is 1. The highest BCUT2D eigenvalue weighted by Gasteiger charge is 2.26. The van der Waals surface area contributed by atoms with E-state index in [1.807, 2.05) is 6.92 Å². The summed E-state index contributed by atoms with van der Waals surface area (Å²) < 4.78 is 15.8. The zero-order valence-electron chi connectivity index (χ0n) is 14.5. The number of halogens is 1. The van der Waals surface area contributed by atoms with Crippen LogP contribution in [0.15, 0.2) is 18.2 Å². The smallest absolute Gasteiger partial charge is 0.331 e. The molecule has 0 aromatic heterocycles. The number of esters is 1. The largest absolute Gasteiger partial charge is 0.491 e. The molecule has 0 saturated heterocycles. The van der Waals surface area contributed by atoms with Gasteiger partial charge in [0.2, 0.25) is 0 Å². The van der Waals surface area contributed by atoms with Gasteiger partial charge in [0, 0.05) is 12.1 Å². The van der Waals surface area contributed by atoms with Gasteiger partial charge in [-0.15, -0.1) is 0 Å². The zero-order valence-corrected chi connectivity index (χ0v) is 15.3. The van der Waals surface area contributed by atoms with Crippen molar-refractivity contribution in [2.75, 3.05) is 13.7 Å². The fourth-order valence-electron chi connectivity index (χ4n) is 2.12. The average molecular weight is 368 g/mol. The van der Waals surface area contributed by atoms with Gasteiger partial charge in [-0.3, -0.25) is 4.79 Å². The summed E-state index contributed by atoms with van der Waals surface area (Å²) >= 11 is 6.16. The molecule has 1 unspecified atom stereocenters. The molecule has 0 spiro atoms. The van der Waals surface area contributed by atoms with E-state index in [9.17, 15) is 9.59 Å². The topological polar surface area (TPSA) is 73.9 Å². The van der Waals surface area contributed by atoms with Crippen LogP contribution in [-0.2, 0) is 14.3 Å². The van der Waals surface area contributed by atoms with E-state index in [1.54, 1.807) is 25.1 Å². The standard InChI is InChI=1S/C18H22ClNO5/c1-4-24-15-10-12(9-14(19)17(15)23-3)5-8-16(21)25-11(2)18(22)20-13-6-7-13/h5,8-11,13H,4,6-7H2,1-3H3,(H,20,22)/b8-5+. The lowest BCUT2D eigenvalue weighted by Gasteiger charge is -2.12. The maximum Gasteiger partial charge on any atom is 0.331 e. The molecule has 1 saturated carbocycles. The summed E-state index contributed by atoms with van der Waals surface area (Å²) in [6.07, 6.45) is 3.91. The molecule has 1 amide bonds. The van der Waals surface area contributed by atoms with Gasteiger partial charge in [-0.1, -0.05) is 11.6 Å². The summed E-state index contributed by atoms with van der Waals surface area (Å²) in [5, 5.41) is 3.16. The first-order valence-corrected chi connectivity index (χ1v) is 8.51. The molecule has 136 valence electrons. The number of nitrogens with one attached hydrogen (secondary N) is 1. The number of benzene rings is 1. The average Bonchev–Trinajstić information content (AvgIpc) is 3.37. The van der Waals surface area contributed by atoms with Crippen molar-refractivity contribution in [1.29, 1.82) is 0 Å². The number of hydrogen-bond acceptors (Lipinski definition) is 5. The summed E-state index contributed by atoms with van der Waals surface area (Å²) in [5.74, 6) is 0.0371. The van der Waals surface area contributed by atoms with E-state index in [1.165, 1.54) is 13.2 Å². The number of hydrogen-bond donors (Lipinski definition) is 1. The molecule has 1 fully saturated rings. The molecule has 7 heteroatoms. The summed E-state index contributed by atoms with van der Waals surface area (Å²) in [5.41, 5.74) is 0.654. The molecule has 0 heterocycles. The molecule has 0 bridgehead atoms. The Balaban J connectivity index is 1.99. The molecule has 0 aliphatic heterocycles. The molecule has 1 aromatic rings. The molecule has 1 aliphatic rings. The molecule has 1 aromatic carbocycles. The van der Waals surface area contributed by atoms with Gasteiger partial charge in [0.1, 0.15) is 0 Å². The molecule has 25 heavy (non-hydrogen) atoms. The normalized spacial score (nSPS) is 14.9. The molecule has 1 atom stereocenters. The third-order valence-electron chi connectivity index (χ3n) is 3.53. The van der Waals surface area contributed by atoms with E-state index in [0.717, 1.165) is 12.8 Å². The van der Waals surface area contributed by atoms with Crippen LogP contribution >= 0.6 is 11.6 Å². The Kier molecular flexibility index (Phi) is 6.70. The van der Waals surface area contributed by atoms with Crippen molar-refractivity contribution in [2.45, 2.75) is 38.8 Å². The maximum atomic E-state index is 11.9. The van der Waals surface area contributed by atoms with Crippen LogP contribution in [-0.4, -0.2) is 37.7 Å². The molecule has 1 N–H and O–H groups in total. The van der Waals surface area contributed by atoms with E-state index in [0.29, 0.717) is 28.7 Å². The quantitative estimate of drug-likeness (QED) is 0.564. The van der Waals surface area contributed by atoms with Crippen molar-refractivity contribution in [2.24, 2.45) is 0 Å². The predicted molar refractivity (Wildman–Crippen MR) is 94.9 cm³/mol. The van der Waals surface area contributed by atoms with Gasteiger partial charge in [0.05, 0.1) is 18.7 Å². The monoisotopic (exact) mass is 367 g/mol. The van der Waals surface area contributed by atoms with Gasteiger partial charge in [-0.25, -0.2) is 4.79 Å². The summed E-state index contributed by atoms with van der Waals surface area (Å²) in [4.78, 5) is 23.6. The maximum absolute atomic E-state index is 11.9. The highest BCUT2D eigenvalue weighted by molar-refractivity contribution is 6.32. The minimum atomic E-state index is -0.837. The first-order chi connectivity index (χ1) is 11.9. The minimum Gasteiger partial charge on any atom is -0.491 e. The summed E-state index contributed by atoms with van der Waals surface area (Å²) in [7, 11) is 1.50. The summed E-state index contributed by atoms with van der Waals surface area (Å²) in [6.45, 7) is 3.84.